The number of rotatable bonds is 13. The van der Waals surface area contributed by atoms with Crippen LogP contribution in [-0.2, 0) is 0 Å². The Kier molecular flexibility index (Phi) is 10.9. The summed E-state index contributed by atoms with van der Waals surface area (Å²) in [7, 11) is 0. The fourth-order valence-electron chi connectivity index (χ4n) is 2.96. The summed E-state index contributed by atoms with van der Waals surface area (Å²) >= 11 is 0. The second-order valence-corrected chi connectivity index (χ2v) is 6.51. The van der Waals surface area contributed by atoms with Crippen LogP contribution in [0.4, 0.5) is 0 Å². The lowest BCUT2D eigenvalue weighted by molar-refractivity contribution is 0.223. The van der Waals surface area contributed by atoms with Crippen LogP contribution in [-0.4, -0.2) is 17.2 Å². The van der Waals surface area contributed by atoms with Crippen LogP contribution in [0.1, 0.15) is 84.5 Å². The molecule has 0 aliphatic carbocycles. The van der Waals surface area contributed by atoms with Crippen LogP contribution in [0.2, 0.25) is 0 Å². The summed E-state index contributed by atoms with van der Waals surface area (Å²) in [6.45, 7) is 4.30. The zero-order valence-corrected chi connectivity index (χ0v) is 14.8. The van der Waals surface area contributed by atoms with Crippen molar-refractivity contribution in [1.82, 2.24) is 10.2 Å². The van der Waals surface area contributed by atoms with Crippen LogP contribution < -0.4 is 11.1 Å². The monoisotopic (exact) mass is 307 g/mol. The third-order valence-corrected chi connectivity index (χ3v) is 4.37. The molecule has 3 nitrogen and oxygen atoms in total. The van der Waals surface area contributed by atoms with Gasteiger partial charge >= 0.3 is 0 Å². The van der Waals surface area contributed by atoms with Crippen LogP contribution >= 0.6 is 0 Å². The number of unbranched alkanes of at least 4 members (excludes halogenated alkanes) is 9. The molecule has 0 amide bonds. The lowest BCUT2D eigenvalue weighted by Gasteiger charge is -2.28. The van der Waals surface area contributed by atoms with Crippen LogP contribution in [0.5, 0.6) is 0 Å². The summed E-state index contributed by atoms with van der Waals surface area (Å²) in [5, 5.41) is 3.34. The molecule has 0 aromatic carbocycles. The molecule has 0 fully saturated rings. The minimum atomic E-state index is 0.0713. The molecule has 0 bridgehead atoms. The van der Waals surface area contributed by atoms with Gasteiger partial charge in [0.05, 0.1) is 6.17 Å². The molecule has 1 rings (SSSR count). The van der Waals surface area contributed by atoms with Gasteiger partial charge in [-0.15, -0.1) is 0 Å². The van der Waals surface area contributed by atoms with Gasteiger partial charge < -0.3 is 16.0 Å². The SMILES string of the molecule is CCCCCCCCCCC/C=C/CC1NC=CN1C(C)N. The van der Waals surface area contributed by atoms with Gasteiger partial charge in [-0.2, -0.15) is 0 Å². The van der Waals surface area contributed by atoms with Gasteiger partial charge in [-0.25, -0.2) is 0 Å². The molecular formula is C19H37N3. The molecule has 0 saturated carbocycles. The molecule has 22 heavy (non-hydrogen) atoms. The van der Waals surface area contributed by atoms with Crippen molar-refractivity contribution in [2.75, 3.05) is 0 Å². The Morgan fingerprint density at radius 1 is 1.05 bits per heavy atom. The highest BCUT2D eigenvalue weighted by Crippen LogP contribution is 2.13. The highest BCUT2D eigenvalue weighted by atomic mass is 15.3. The highest BCUT2D eigenvalue weighted by molar-refractivity contribution is 4.99. The van der Waals surface area contributed by atoms with Crippen molar-refractivity contribution in [3.05, 3.63) is 24.6 Å². The lowest BCUT2D eigenvalue weighted by atomic mass is 10.1. The smallest absolute Gasteiger partial charge is 0.103 e. The van der Waals surface area contributed by atoms with E-state index in [9.17, 15) is 0 Å². The van der Waals surface area contributed by atoms with Gasteiger partial charge in [-0.05, 0) is 19.8 Å². The van der Waals surface area contributed by atoms with Crippen molar-refractivity contribution in [3.63, 3.8) is 0 Å². The first kappa shape index (κ1) is 19.1. The van der Waals surface area contributed by atoms with Gasteiger partial charge in [0, 0.05) is 18.8 Å². The maximum atomic E-state index is 5.94. The van der Waals surface area contributed by atoms with Crippen molar-refractivity contribution in [3.8, 4) is 0 Å². The number of nitrogens with zero attached hydrogens (tertiary/aromatic N) is 1. The summed E-state index contributed by atoms with van der Waals surface area (Å²) in [5.41, 5.74) is 5.94. The van der Waals surface area contributed by atoms with Crippen LogP contribution in [0.3, 0.4) is 0 Å². The Morgan fingerprint density at radius 2 is 1.68 bits per heavy atom. The minimum Gasteiger partial charge on any atom is -0.370 e. The fraction of sp³-hybridized carbons (Fsp3) is 0.789. The molecular weight excluding hydrogens is 270 g/mol. The molecule has 0 saturated heterocycles. The van der Waals surface area contributed by atoms with E-state index in [1.165, 1.54) is 64.2 Å². The Bertz CT molecular complexity index is 310. The topological polar surface area (TPSA) is 41.3 Å². The molecule has 0 aromatic rings. The van der Waals surface area contributed by atoms with Crippen LogP contribution in [0.15, 0.2) is 24.6 Å². The Morgan fingerprint density at radius 3 is 2.32 bits per heavy atom. The van der Waals surface area contributed by atoms with Crippen molar-refractivity contribution in [2.45, 2.75) is 96.8 Å². The van der Waals surface area contributed by atoms with Gasteiger partial charge in [0.1, 0.15) is 6.17 Å². The lowest BCUT2D eigenvalue weighted by Crippen LogP contribution is -2.44. The summed E-state index contributed by atoms with van der Waals surface area (Å²) < 4.78 is 0. The fourth-order valence-corrected chi connectivity index (χ4v) is 2.96. The molecule has 1 heterocycles. The number of nitrogens with two attached hydrogens (primary N) is 1. The molecule has 3 heteroatoms. The minimum absolute atomic E-state index is 0.0713. The van der Waals surface area contributed by atoms with E-state index in [0.717, 1.165) is 6.42 Å². The normalized spacial score (nSPS) is 19.0. The third kappa shape index (κ3) is 8.47. The van der Waals surface area contributed by atoms with Crippen molar-refractivity contribution in [2.24, 2.45) is 5.73 Å². The van der Waals surface area contributed by atoms with Crippen molar-refractivity contribution >= 4 is 0 Å². The summed E-state index contributed by atoms with van der Waals surface area (Å²) in [4.78, 5) is 2.17. The van der Waals surface area contributed by atoms with Crippen molar-refractivity contribution < 1.29 is 0 Å². The molecule has 1 aliphatic rings. The van der Waals surface area contributed by atoms with Crippen LogP contribution in [0.25, 0.3) is 0 Å². The van der Waals surface area contributed by atoms with E-state index in [0.29, 0.717) is 6.17 Å². The molecule has 0 radical (unpaired) electrons. The van der Waals surface area contributed by atoms with Gasteiger partial charge in [-0.3, -0.25) is 0 Å². The predicted molar refractivity (Wildman–Crippen MR) is 97.2 cm³/mol. The molecule has 2 unspecified atom stereocenters. The molecule has 3 N–H and O–H groups in total. The summed E-state index contributed by atoms with van der Waals surface area (Å²) in [6.07, 6.45) is 23.9. The Hall–Kier alpha value is -0.960. The number of hydrogen-bond donors (Lipinski definition) is 2. The van der Waals surface area contributed by atoms with Gasteiger partial charge in [0.2, 0.25) is 0 Å². The Balaban J connectivity index is 1.90. The third-order valence-electron chi connectivity index (χ3n) is 4.37. The molecule has 128 valence electrons. The second kappa shape index (κ2) is 12.6. The van der Waals surface area contributed by atoms with Gasteiger partial charge in [-0.1, -0.05) is 70.4 Å². The van der Waals surface area contributed by atoms with E-state index in [1.54, 1.807) is 0 Å². The molecule has 0 spiro atoms. The largest absolute Gasteiger partial charge is 0.370 e. The van der Waals surface area contributed by atoms with E-state index in [1.807, 2.05) is 19.3 Å². The zero-order valence-electron chi connectivity index (χ0n) is 14.8. The Labute approximate surface area is 138 Å². The van der Waals surface area contributed by atoms with E-state index in [-0.39, 0.29) is 6.17 Å². The summed E-state index contributed by atoms with van der Waals surface area (Å²) in [5.74, 6) is 0. The van der Waals surface area contributed by atoms with Gasteiger partial charge in [0.15, 0.2) is 0 Å². The maximum Gasteiger partial charge on any atom is 0.103 e. The van der Waals surface area contributed by atoms with Crippen molar-refractivity contribution in [1.29, 1.82) is 0 Å². The maximum absolute atomic E-state index is 5.94. The zero-order chi connectivity index (χ0) is 16.0. The first-order chi connectivity index (χ1) is 10.8. The van der Waals surface area contributed by atoms with Crippen LogP contribution in [0, 0.1) is 0 Å². The second-order valence-electron chi connectivity index (χ2n) is 6.51. The molecule has 0 aromatic heterocycles. The average Bonchev–Trinajstić information content (AvgIpc) is 2.97. The molecule has 1 aliphatic heterocycles. The average molecular weight is 308 g/mol. The predicted octanol–water partition coefficient (Wildman–Crippen LogP) is 4.86. The van der Waals surface area contributed by atoms with Gasteiger partial charge in [0.25, 0.3) is 0 Å². The quantitative estimate of drug-likeness (QED) is 0.377. The standard InChI is InChI=1S/C19H37N3/c1-3-4-5-6-7-8-9-10-11-12-13-14-15-19-21-16-17-22(19)18(2)20/h13-14,16-19,21H,3-12,15,20H2,1-2H3/b14-13+. The highest BCUT2D eigenvalue weighted by Gasteiger charge is 2.19. The van der Waals surface area contributed by atoms with E-state index in [4.69, 9.17) is 5.73 Å². The molecule has 2 atom stereocenters. The van der Waals surface area contributed by atoms with E-state index in [2.05, 4.69) is 29.3 Å². The number of allylic oxidation sites excluding steroid dienone is 1. The van der Waals surface area contributed by atoms with E-state index >= 15 is 0 Å². The first-order valence-electron chi connectivity index (χ1n) is 9.36. The van der Waals surface area contributed by atoms with E-state index < -0.39 is 0 Å². The number of hydrogen-bond acceptors (Lipinski definition) is 3. The number of nitrogens with one attached hydrogen (secondary N) is 1. The summed E-state index contributed by atoms with van der Waals surface area (Å²) in [6, 6.07) is 0. The first-order valence-corrected chi connectivity index (χ1v) is 9.36.